The predicted octanol–water partition coefficient (Wildman–Crippen LogP) is 3.12. The van der Waals surface area contributed by atoms with Crippen molar-refractivity contribution >= 4 is 17.7 Å². The summed E-state index contributed by atoms with van der Waals surface area (Å²) in [5, 5.41) is 2.90. The molecule has 0 saturated carbocycles. The highest BCUT2D eigenvalue weighted by molar-refractivity contribution is 8.00. The fourth-order valence-corrected chi connectivity index (χ4v) is 2.90. The summed E-state index contributed by atoms with van der Waals surface area (Å²) in [6, 6.07) is 13.2. The molecule has 0 atom stereocenters. The molecule has 6 heteroatoms. The summed E-state index contributed by atoms with van der Waals surface area (Å²) in [7, 11) is 4.80. The molecule has 128 valence electrons. The SMILES string of the molecule is COc1ccccc1CNC(=O)CSc1ccc(OC)c(OC)c1. The molecule has 1 N–H and O–H groups in total. The lowest BCUT2D eigenvalue weighted by atomic mass is 10.2. The van der Waals surface area contributed by atoms with Gasteiger partial charge in [-0.3, -0.25) is 4.79 Å². The number of hydrogen-bond donors (Lipinski definition) is 1. The van der Waals surface area contributed by atoms with Crippen LogP contribution in [0.2, 0.25) is 0 Å². The van der Waals surface area contributed by atoms with E-state index in [0.29, 0.717) is 23.8 Å². The van der Waals surface area contributed by atoms with Crippen molar-refractivity contribution in [2.45, 2.75) is 11.4 Å². The van der Waals surface area contributed by atoms with Crippen LogP contribution in [0.4, 0.5) is 0 Å². The van der Waals surface area contributed by atoms with Crippen LogP contribution in [0.15, 0.2) is 47.4 Å². The predicted molar refractivity (Wildman–Crippen MR) is 95.1 cm³/mol. The van der Waals surface area contributed by atoms with Crippen molar-refractivity contribution < 1.29 is 19.0 Å². The van der Waals surface area contributed by atoms with Gasteiger partial charge in [-0.1, -0.05) is 18.2 Å². The summed E-state index contributed by atoms with van der Waals surface area (Å²) in [5.41, 5.74) is 0.949. The summed E-state index contributed by atoms with van der Waals surface area (Å²) in [6.07, 6.45) is 0. The van der Waals surface area contributed by atoms with Crippen LogP contribution in [-0.4, -0.2) is 33.0 Å². The van der Waals surface area contributed by atoms with E-state index in [1.165, 1.54) is 11.8 Å². The van der Waals surface area contributed by atoms with Gasteiger partial charge in [0, 0.05) is 17.0 Å². The highest BCUT2D eigenvalue weighted by Gasteiger charge is 2.08. The van der Waals surface area contributed by atoms with E-state index in [-0.39, 0.29) is 5.91 Å². The van der Waals surface area contributed by atoms with Crippen LogP contribution < -0.4 is 19.5 Å². The Kier molecular flexibility index (Phi) is 6.81. The van der Waals surface area contributed by atoms with Crippen LogP contribution in [0.1, 0.15) is 5.56 Å². The van der Waals surface area contributed by atoms with E-state index in [9.17, 15) is 4.79 Å². The topological polar surface area (TPSA) is 56.8 Å². The number of carbonyl (C=O) groups is 1. The van der Waals surface area contributed by atoms with Crippen molar-refractivity contribution in [2.75, 3.05) is 27.1 Å². The van der Waals surface area contributed by atoms with Gasteiger partial charge in [0.25, 0.3) is 0 Å². The van der Waals surface area contributed by atoms with E-state index >= 15 is 0 Å². The number of rotatable bonds is 8. The van der Waals surface area contributed by atoms with E-state index in [2.05, 4.69) is 5.32 Å². The third-order valence-corrected chi connectivity index (χ3v) is 4.39. The van der Waals surface area contributed by atoms with Crippen LogP contribution in [0.3, 0.4) is 0 Å². The van der Waals surface area contributed by atoms with Crippen molar-refractivity contribution in [3.05, 3.63) is 48.0 Å². The molecule has 2 rings (SSSR count). The number of amides is 1. The number of methoxy groups -OCH3 is 3. The molecule has 0 aliphatic carbocycles. The molecule has 0 heterocycles. The first-order chi connectivity index (χ1) is 11.7. The Labute approximate surface area is 146 Å². The molecule has 0 radical (unpaired) electrons. The Balaban J connectivity index is 1.87. The normalized spacial score (nSPS) is 10.1. The molecule has 1 amide bonds. The zero-order valence-electron chi connectivity index (χ0n) is 14.0. The minimum absolute atomic E-state index is 0.0410. The molecule has 0 aromatic heterocycles. The molecule has 5 nitrogen and oxygen atoms in total. The molecule has 0 spiro atoms. The van der Waals surface area contributed by atoms with Crippen LogP contribution in [0, 0.1) is 0 Å². The van der Waals surface area contributed by atoms with Crippen LogP contribution in [0.5, 0.6) is 17.2 Å². The Hall–Kier alpha value is -2.34. The molecular weight excluding hydrogens is 326 g/mol. The fourth-order valence-electron chi connectivity index (χ4n) is 2.15. The molecule has 0 aliphatic rings. The smallest absolute Gasteiger partial charge is 0.230 e. The van der Waals surface area contributed by atoms with Crippen molar-refractivity contribution in [2.24, 2.45) is 0 Å². The van der Waals surface area contributed by atoms with Gasteiger partial charge in [-0.05, 0) is 24.3 Å². The zero-order valence-corrected chi connectivity index (χ0v) is 14.8. The summed E-state index contributed by atoms with van der Waals surface area (Å²) in [5.74, 6) is 2.37. The third-order valence-electron chi connectivity index (χ3n) is 3.39. The van der Waals surface area contributed by atoms with Gasteiger partial charge in [-0.15, -0.1) is 11.8 Å². The molecule has 24 heavy (non-hydrogen) atoms. The largest absolute Gasteiger partial charge is 0.496 e. The highest BCUT2D eigenvalue weighted by atomic mass is 32.2. The fraction of sp³-hybridized carbons (Fsp3) is 0.278. The average molecular weight is 347 g/mol. The summed E-state index contributed by atoms with van der Waals surface area (Å²) in [4.78, 5) is 13.0. The second kappa shape index (κ2) is 9.08. The van der Waals surface area contributed by atoms with Gasteiger partial charge in [-0.2, -0.15) is 0 Å². The molecule has 0 fully saturated rings. The Morgan fingerprint density at radius 2 is 1.67 bits per heavy atom. The lowest BCUT2D eigenvalue weighted by molar-refractivity contribution is -0.118. The van der Waals surface area contributed by atoms with Crippen LogP contribution in [-0.2, 0) is 11.3 Å². The van der Waals surface area contributed by atoms with Crippen molar-refractivity contribution in [3.8, 4) is 17.2 Å². The summed E-state index contributed by atoms with van der Waals surface area (Å²) < 4.78 is 15.7. The molecule has 0 aliphatic heterocycles. The maximum absolute atomic E-state index is 12.0. The van der Waals surface area contributed by atoms with Gasteiger partial charge in [-0.25, -0.2) is 0 Å². The number of nitrogens with one attached hydrogen (secondary N) is 1. The molecular formula is C18H21NO4S. The Morgan fingerprint density at radius 3 is 2.38 bits per heavy atom. The first-order valence-electron chi connectivity index (χ1n) is 7.41. The van der Waals surface area contributed by atoms with Gasteiger partial charge in [0.15, 0.2) is 11.5 Å². The average Bonchev–Trinajstić information content (AvgIpc) is 2.64. The molecule has 2 aromatic carbocycles. The molecule has 0 saturated heterocycles. The quantitative estimate of drug-likeness (QED) is 0.744. The van der Waals surface area contributed by atoms with Crippen molar-refractivity contribution in [3.63, 3.8) is 0 Å². The van der Waals surface area contributed by atoms with Gasteiger partial charge in [0.2, 0.25) is 5.91 Å². The first kappa shape index (κ1) is 18.0. The van der Waals surface area contributed by atoms with Crippen LogP contribution >= 0.6 is 11.8 Å². The second-order valence-electron chi connectivity index (χ2n) is 4.89. The van der Waals surface area contributed by atoms with Crippen molar-refractivity contribution in [1.29, 1.82) is 0 Å². The lowest BCUT2D eigenvalue weighted by Crippen LogP contribution is -2.24. The lowest BCUT2D eigenvalue weighted by Gasteiger charge is -2.10. The van der Waals surface area contributed by atoms with Gasteiger partial charge in [0.1, 0.15) is 5.75 Å². The molecule has 0 unspecified atom stereocenters. The van der Waals surface area contributed by atoms with E-state index in [4.69, 9.17) is 14.2 Å². The van der Waals surface area contributed by atoms with E-state index in [0.717, 1.165) is 16.2 Å². The maximum Gasteiger partial charge on any atom is 0.230 e. The van der Waals surface area contributed by atoms with Gasteiger partial charge < -0.3 is 19.5 Å². The third kappa shape index (κ3) is 4.83. The monoisotopic (exact) mass is 347 g/mol. The molecule has 0 bridgehead atoms. The van der Waals surface area contributed by atoms with Crippen LogP contribution in [0.25, 0.3) is 0 Å². The number of ether oxygens (including phenoxy) is 3. The standard InChI is InChI=1S/C18H21NO4S/c1-21-15-7-5-4-6-13(15)11-19-18(20)12-24-14-8-9-16(22-2)17(10-14)23-3/h4-10H,11-12H2,1-3H3,(H,19,20). The van der Waals surface area contributed by atoms with E-state index < -0.39 is 0 Å². The number of para-hydroxylation sites is 1. The van der Waals surface area contributed by atoms with E-state index in [1.807, 2.05) is 42.5 Å². The maximum atomic E-state index is 12.0. The minimum Gasteiger partial charge on any atom is -0.496 e. The Morgan fingerprint density at radius 1 is 0.958 bits per heavy atom. The Bertz CT molecular complexity index is 690. The van der Waals surface area contributed by atoms with Crippen molar-refractivity contribution in [1.82, 2.24) is 5.32 Å². The van der Waals surface area contributed by atoms with Gasteiger partial charge >= 0.3 is 0 Å². The second-order valence-corrected chi connectivity index (χ2v) is 5.94. The summed E-state index contributed by atoms with van der Waals surface area (Å²) >= 11 is 1.44. The number of hydrogen-bond acceptors (Lipinski definition) is 5. The molecule has 2 aromatic rings. The minimum atomic E-state index is -0.0410. The number of thioether (sulfide) groups is 1. The highest BCUT2D eigenvalue weighted by Crippen LogP contribution is 2.31. The zero-order chi connectivity index (χ0) is 17.4. The number of carbonyl (C=O) groups excluding carboxylic acids is 1. The number of benzene rings is 2. The van der Waals surface area contributed by atoms with E-state index in [1.54, 1.807) is 21.3 Å². The first-order valence-corrected chi connectivity index (χ1v) is 8.40. The van der Waals surface area contributed by atoms with Gasteiger partial charge in [0.05, 0.1) is 27.1 Å². The summed E-state index contributed by atoms with van der Waals surface area (Å²) in [6.45, 7) is 0.440.